The van der Waals surface area contributed by atoms with Crippen LogP contribution in [-0.4, -0.2) is 17.3 Å². The lowest BCUT2D eigenvalue weighted by molar-refractivity contribution is -0.127. The third kappa shape index (κ3) is 1.61. The SMILES string of the molecule is CC1(C)CCC(=O)C2C(=O)c3ccccc3C(=O)C21. The van der Waals surface area contributed by atoms with Crippen LogP contribution in [0.5, 0.6) is 0 Å². The molecule has 3 nitrogen and oxygen atoms in total. The molecule has 0 aliphatic heterocycles. The van der Waals surface area contributed by atoms with Crippen molar-refractivity contribution in [2.45, 2.75) is 26.7 Å². The lowest BCUT2D eigenvalue weighted by Gasteiger charge is -2.43. The molecule has 1 aromatic carbocycles. The molecule has 0 bridgehead atoms. The molecule has 2 aliphatic carbocycles. The number of hydrogen-bond acceptors (Lipinski definition) is 3. The van der Waals surface area contributed by atoms with Crippen LogP contribution in [0.3, 0.4) is 0 Å². The second-order valence-corrected chi connectivity index (χ2v) is 6.18. The lowest BCUT2D eigenvalue weighted by Crippen LogP contribution is -2.51. The van der Waals surface area contributed by atoms with E-state index in [2.05, 4.69) is 0 Å². The maximum Gasteiger partial charge on any atom is 0.174 e. The molecule has 1 aromatic rings. The molecule has 0 radical (unpaired) electrons. The van der Waals surface area contributed by atoms with Gasteiger partial charge in [0, 0.05) is 23.5 Å². The normalized spacial score (nSPS) is 28.8. The van der Waals surface area contributed by atoms with Gasteiger partial charge in [-0.25, -0.2) is 0 Å². The zero-order valence-corrected chi connectivity index (χ0v) is 11.1. The quantitative estimate of drug-likeness (QED) is 0.670. The Morgan fingerprint density at radius 2 is 1.58 bits per heavy atom. The molecule has 0 saturated heterocycles. The minimum atomic E-state index is -0.758. The van der Waals surface area contributed by atoms with Gasteiger partial charge in [-0.15, -0.1) is 0 Å². The molecule has 2 aliphatic rings. The van der Waals surface area contributed by atoms with Gasteiger partial charge in [-0.2, -0.15) is 0 Å². The number of carbonyl (C=O) groups excluding carboxylic acids is 3. The largest absolute Gasteiger partial charge is 0.299 e. The van der Waals surface area contributed by atoms with Crippen LogP contribution in [0.4, 0.5) is 0 Å². The standard InChI is InChI=1S/C16H16O3/c1-16(2)8-7-11(17)12-13(16)15(19)10-6-4-3-5-9(10)14(12)18/h3-6,12-13H,7-8H2,1-2H3. The molecule has 98 valence electrons. The van der Waals surface area contributed by atoms with E-state index >= 15 is 0 Å². The van der Waals surface area contributed by atoms with Crippen molar-refractivity contribution in [3.05, 3.63) is 35.4 Å². The first kappa shape index (κ1) is 12.3. The molecule has 19 heavy (non-hydrogen) atoms. The molecule has 0 heterocycles. The Balaban J connectivity index is 2.21. The van der Waals surface area contributed by atoms with Crippen molar-refractivity contribution in [1.82, 2.24) is 0 Å². The average Bonchev–Trinajstić information content (AvgIpc) is 2.39. The number of rotatable bonds is 0. The first-order valence-electron chi connectivity index (χ1n) is 6.63. The number of fused-ring (bicyclic) bond motifs is 2. The van der Waals surface area contributed by atoms with Gasteiger partial charge in [-0.3, -0.25) is 14.4 Å². The Hall–Kier alpha value is -1.77. The van der Waals surface area contributed by atoms with E-state index in [1.165, 1.54) is 0 Å². The van der Waals surface area contributed by atoms with E-state index in [4.69, 9.17) is 0 Å². The third-order valence-electron chi connectivity index (χ3n) is 4.56. The fraction of sp³-hybridized carbons (Fsp3) is 0.438. The highest BCUT2D eigenvalue weighted by atomic mass is 16.2. The smallest absolute Gasteiger partial charge is 0.174 e. The van der Waals surface area contributed by atoms with Crippen LogP contribution in [0, 0.1) is 17.3 Å². The number of benzene rings is 1. The monoisotopic (exact) mass is 256 g/mol. The summed E-state index contributed by atoms with van der Waals surface area (Å²) in [5.41, 5.74) is 0.607. The summed E-state index contributed by atoms with van der Waals surface area (Å²) < 4.78 is 0. The molecule has 0 amide bonds. The van der Waals surface area contributed by atoms with Crippen LogP contribution in [0.2, 0.25) is 0 Å². The summed E-state index contributed by atoms with van der Waals surface area (Å²) in [5.74, 6) is -1.53. The third-order valence-corrected chi connectivity index (χ3v) is 4.56. The summed E-state index contributed by atoms with van der Waals surface area (Å²) in [6.45, 7) is 3.96. The molecule has 3 rings (SSSR count). The highest BCUT2D eigenvalue weighted by Gasteiger charge is 2.53. The fourth-order valence-electron chi connectivity index (χ4n) is 3.45. The second kappa shape index (κ2) is 3.86. The van der Waals surface area contributed by atoms with Crippen molar-refractivity contribution in [2.75, 3.05) is 0 Å². The van der Waals surface area contributed by atoms with Crippen molar-refractivity contribution < 1.29 is 14.4 Å². The van der Waals surface area contributed by atoms with E-state index in [-0.39, 0.29) is 22.8 Å². The fourth-order valence-corrected chi connectivity index (χ4v) is 3.45. The molecule has 2 unspecified atom stereocenters. The second-order valence-electron chi connectivity index (χ2n) is 6.18. The van der Waals surface area contributed by atoms with Crippen molar-refractivity contribution in [3.63, 3.8) is 0 Å². The Kier molecular flexibility index (Phi) is 2.49. The van der Waals surface area contributed by atoms with Gasteiger partial charge in [0.1, 0.15) is 5.78 Å². The molecule has 1 saturated carbocycles. The van der Waals surface area contributed by atoms with Gasteiger partial charge >= 0.3 is 0 Å². The summed E-state index contributed by atoms with van der Waals surface area (Å²) in [4.78, 5) is 37.3. The Labute approximate surface area is 112 Å². The summed E-state index contributed by atoms with van der Waals surface area (Å²) in [6, 6.07) is 6.85. The summed E-state index contributed by atoms with van der Waals surface area (Å²) in [5, 5.41) is 0. The van der Waals surface area contributed by atoms with Crippen molar-refractivity contribution in [1.29, 1.82) is 0 Å². The van der Waals surface area contributed by atoms with Gasteiger partial charge in [-0.1, -0.05) is 38.1 Å². The van der Waals surface area contributed by atoms with Crippen LogP contribution in [0.1, 0.15) is 47.4 Å². The molecule has 2 atom stereocenters. The first-order valence-corrected chi connectivity index (χ1v) is 6.63. The maximum atomic E-state index is 12.7. The van der Waals surface area contributed by atoms with Gasteiger partial charge in [0.25, 0.3) is 0 Å². The van der Waals surface area contributed by atoms with E-state index in [0.717, 1.165) is 0 Å². The number of ketones is 3. The number of carbonyl (C=O) groups is 3. The Morgan fingerprint density at radius 3 is 2.21 bits per heavy atom. The minimum absolute atomic E-state index is 0.0433. The predicted molar refractivity (Wildman–Crippen MR) is 70.1 cm³/mol. The lowest BCUT2D eigenvalue weighted by atomic mass is 9.56. The van der Waals surface area contributed by atoms with Gasteiger partial charge in [0.2, 0.25) is 0 Å². The van der Waals surface area contributed by atoms with Gasteiger partial charge in [0.15, 0.2) is 11.6 Å². The number of hydrogen-bond donors (Lipinski definition) is 0. The van der Waals surface area contributed by atoms with Gasteiger partial charge in [-0.05, 0) is 11.8 Å². The number of Topliss-reactive ketones (excluding diaryl/α,β-unsaturated/α-hetero) is 3. The predicted octanol–water partition coefficient (Wildman–Crippen LogP) is 2.69. The molecule has 1 fully saturated rings. The summed E-state index contributed by atoms with van der Waals surface area (Å²) >= 11 is 0. The van der Waals surface area contributed by atoms with Crippen molar-refractivity contribution in [2.24, 2.45) is 17.3 Å². The van der Waals surface area contributed by atoms with E-state index in [1.807, 2.05) is 13.8 Å². The maximum absolute atomic E-state index is 12.7. The van der Waals surface area contributed by atoms with E-state index in [9.17, 15) is 14.4 Å². The molecule has 0 aromatic heterocycles. The van der Waals surface area contributed by atoms with E-state index in [1.54, 1.807) is 24.3 Å². The highest BCUT2D eigenvalue weighted by molar-refractivity contribution is 6.23. The van der Waals surface area contributed by atoms with Crippen molar-refractivity contribution >= 4 is 17.3 Å². The zero-order chi connectivity index (χ0) is 13.8. The Morgan fingerprint density at radius 1 is 1.00 bits per heavy atom. The summed E-state index contributed by atoms with van der Waals surface area (Å²) in [7, 11) is 0. The minimum Gasteiger partial charge on any atom is -0.299 e. The molecule has 3 heteroatoms. The van der Waals surface area contributed by atoms with Gasteiger partial charge in [0.05, 0.1) is 5.92 Å². The topological polar surface area (TPSA) is 51.2 Å². The van der Waals surface area contributed by atoms with Crippen LogP contribution in [-0.2, 0) is 4.79 Å². The van der Waals surface area contributed by atoms with Gasteiger partial charge < -0.3 is 0 Å². The summed E-state index contributed by atoms with van der Waals surface area (Å²) in [6.07, 6.45) is 1.07. The molecule has 0 spiro atoms. The van der Waals surface area contributed by atoms with Crippen LogP contribution < -0.4 is 0 Å². The van der Waals surface area contributed by atoms with Crippen LogP contribution in [0.25, 0.3) is 0 Å². The molecule has 0 N–H and O–H groups in total. The van der Waals surface area contributed by atoms with Crippen LogP contribution >= 0.6 is 0 Å². The first-order chi connectivity index (χ1) is 8.93. The molecular formula is C16H16O3. The van der Waals surface area contributed by atoms with E-state index in [0.29, 0.717) is 24.0 Å². The zero-order valence-electron chi connectivity index (χ0n) is 11.1. The van der Waals surface area contributed by atoms with Crippen molar-refractivity contribution in [3.8, 4) is 0 Å². The molecular weight excluding hydrogens is 240 g/mol. The van der Waals surface area contributed by atoms with E-state index < -0.39 is 11.8 Å². The highest BCUT2D eigenvalue weighted by Crippen LogP contribution is 2.47. The van der Waals surface area contributed by atoms with Crippen LogP contribution in [0.15, 0.2) is 24.3 Å². The Bertz CT molecular complexity index is 598. The average molecular weight is 256 g/mol.